The fourth-order valence-corrected chi connectivity index (χ4v) is 2.82. The smallest absolute Gasteiger partial charge is 0.224 e. The van der Waals surface area contributed by atoms with E-state index >= 15 is 0 Å². The molecule has 150 valence electrons. The van der Waals surface area contributed by atoms with Crippen LogP contribution in [0.2, 0.25) is 0 Å². The van der Waals surface area contributed by atoms with Crippen LogP contribution in [0.1, 0.15) is 45.6 Å². The Morgan fingerprint density at radius 1 is 1.19 bits per heavy atom. The van der Waals surface area contributed by atoms with Gasteiger partial charge in [0.15, 0.2) is 0 Å². The van der Waals surface area contributed by atoms with Crippen LogP contribution in [0, 0.1) is 11.6 Å². The van der Waals surface area contributed by atoms with Gasteiger partial charge in [-0.1, -0.05) is 19.1 Å². The molecule has 27 heavy (non-hydrogen) atoms. The first kappa shape index (κ1) is 22.8. The maximum Gasteiger partial charge on any atom is 0.224 e. The van der Waals surface area contributed by atoms with Crippen molar-refractivity contribution in [1.82, 2.24) is 10.6 Å². The first-order chi connectivity index (χ1) is 12.7. The highest BCUT2D eigenvalue weighted by Gasteiger charge is 2.24. The average molecular weight is 382 g/mol. The predicted octanol–water partition coefficient (Wildman–Crippen LogP) is 2.62. The number of nitrogens with one attached hydrogen (secondary N) is 2. The van der Waals surface area contributed by atoms with E-state index in [1.54, 1.807) is 12.2 Å². The molecule has 0 fully saturated rings. The number of allylic oxidation sites excluding steroid dienone is 1. The van der Waals surface area contributed by atoms with Crippen molar-refractivity contribution in [3.8, 4) is 0 Å². The topological polar surface area (TPSA) is 78.4 Å². The Bertz CT molecular complexity index is 644. The van der Waals surface area contributed by atoms with Crippen molar-refractivity contribution in [2.75, 3.05) is 0 Å². The molecule has 7 heteroatoms. The summed E-state index contributed by atoms with van der Waals surface area (Å²) in [6.45, 7) is 5.01. The molecule has 3 N–H and O–H groups in total. The van der Waals surface area contributed by atoms with Crippen LogP contribution in [-0.2, 0) is 16.0 Å². The molecular weight excluding hydrogens is 354 g/mol. The number of aliphatic hydroxyl groups excluding tert-OH is 1. The fourth-order valence-electron chi connectivity index (χ4n) is 2.82. The molecule has 0 aromatic heterocycles. The summed E-state index contributed by atoms with van der Waals surface area (Å²) in [4.78, 5) is 23.4. The summed E-state index contributed by atoms with van der Waals surface area (Å²) in [6.07, 6.45) is 3.64. The molecular formula is C20H28F2N2O3. The number of aliphatic hydroxyl groups is 1. The van der Waals surface area contributed by atoms with Gasteiger partial charge in [0, 0.05) is 25.5 Å². The van der Waals surface area contributed by atoms with E-state index in [0.29, 0.717) is 12.0 Å². The van der Waals surface area contributed by atoms with Gasteiger partial charge in [0.1, 0.15) is 11.6 Å². The SMILES string of the molecule is CC=CCC(=O)NC(CC)C[C@H](O)[C@H](Cc1cc(F)cc(F)c1)NC(C)=O. The molecule has 1 rings (SSSR count). The standard InChI is InChI=1S/C20H28F2N2O3/c1-4-6-7-20(27)24-17(5-2)12-19(26)18(23-13(3)25)10-14-8-15(21)11-16(22)9-14/h4,6,8-9,11,17-19,26H,5,7,10,12H2,1-3H3,(H,23,25)(H,24,27)/t17?,18-,19-/m0/s1. The number of hydrogen-bond acceptors (Lipinski definition) is 3. The molecule has 0 aliphatic carbocycles. The van der Waals surface area contributed by atoms with Crippen molar-refractivity contribution < 1.29 is 23.5 Å². The van der Waals surface area contributed by atoms with Gasteiger partial charge in [-0.25, -0.2) is 8.78 Å². The molecule has 1 aromatic rings. The van der Waals surface area contributed by atoms with E-state index in [9.17, 15) is 23.5 Å². The fraction of sp³-hybridized carbons (Fsp3) is 0.500. The Morgan fingerprint density at radius 3 is 2.33 bits per heavy atom. The Hall–Kier alpha value is -2.28. The summed E-state index contributed by atoms with van der Waals surface area (Å²) in [6, 6.07) is 2.09. The number of rotatable bonds is 10. The van der Waals surface area contributed by atoms with Gasteiger partial charge in [0.2, 0.25) is 11.8 Å². The monoisotopic (exact) mass is 382 g/mol. The van der Waals surface area contributed by atoms with Gasteiger partial charge in [-0.3, -0.25) is 9.59 Å². The summed E-state index contributed by atoms with van der Waals surface area (Å²) >= 11 is 0. The normalized spacial score (nSPS) is 14.6. The molecule has 0 spiro atoms. The van der Waals surface area contributed by atoms with Crippen LogP contribution < -0.4 is 10.6 Å². The molecule has 1 unspecified atom stereocenters. The highest BCUT2D eigenvalue weighted by molar-refractivity contribution is 5.77. The first-order valence-corrected chi connectivity index (χ1v) is 9.05. The van der Waals surface area contributed by atoms with E-state index in [1.165, 1.54) is 19.1 Å². The second-order valence-corrected chi connectivity index (χ2v) is 6.54. The van der Waals surface area contributed by atoms with Crippen LogP contribution in [0.3, 0.4) is 0 Å². The van der Waals surface area contributed by atoms with Gasteiger partial charge in [-0.05, 0) is 43.9 Å². The first-order valence-electron chi connectivity index (χ1n) is 9.05. The molecule has 1 aromatic carbocycles. The maximum absolute atomic E-state index is 13.4. The number of hydrogen-bond donors (Lipinski definition) is 3. The molecule has 0 saturated heterocycles. The van der Waals surface area contributed by atoms with Crippen molar-refractivity contribution in [2.45, 2.75) is 64.6 Å². The zero-order valence-corrected chi connectivity index (χ0v) is 16.0. The van der Waals surface area contributed by atoms with Gasteiger partial charge in [0.05, 0.1) is 12.1 Å². The van der Waals surface area contributed by atoms with E-state index in [4.69, 9.17) is 0 Å². The van der Waals surface area contributed by atoms with Gasteiger partial charge >= 0.3 is 0 Å². The van der Waals surface area contributed by atoms with Crippen LogP contribution in [-0.4, -0.2) is 35.1 Å². The molecule has 3 atom stereocenters. The lowest BCUT2D eigenvalue weighted by molar-refractivity contribution is -0.122. The summed E-state index contributed by atoms with van der Waals surface area (Å²) in [7, 11) is 0. The van der Waals surface area contributed by atoms with Crippen molar-refractivity contribution >= 4 is 11.8 Å². The van der Waals surface area contributed by atoms with Gasteiger partial charge in [0.25, 0.3) is 0 Å². The van der Waals surface area contributed by atoms with E-state index < -0.39 is 23.8 Å². The lowest BCUT2D eigenvalue weighted by Crippen LogP contribution is -2.47. The second-order valence-electron chi connectivity index (χ2n) is 6.54. The van der Waals surface area contributed by atoms with Crippen molar-refractivity contribution in [3.63, 3.8) is 0 Å². The number of amides is 2. The quantitative estimate of drug-likeness (QED) is 0.545. The molecule has 5 nitrogen and oxygen atoms in total. The molecule has 0 aliphatic heterocycles. The minimum Gasteiger partial charge on any atom is -0.391 e. The van der Waals surface area contributed by atoms with E-state index in [2.05, 4.69) is 10.6 Å². The number of benzene rings is 1. The van der Waals surface area contributed by atoms with Crippen LogP contribution in [0.15, 0.2) is 30.4 Å². The van der Waals surface area contributed by atoms with E-state index in [1.807, 2.05) is 13.8 Å². The van der Waals surface area contributed by atoms with Crippen LogP contribution in [0.4, 0.5) is 8.78 Å². The summed E-state index contributed by atoms with van der Waals surface area (Å²) in [5.41, 5.74) is 0.329. The van der Waals surface area contributed by atoms with Crippen LogP contribution in [0.5, 0.6) is 0 Å². The molecule has 0 heterocycles. The van der Waals surface area contributed by atoms with E-state index in [0.717, 1.165) is 6.07 Å². The van der Waals surface area contributed by atoms with Gasteiger partial charge < -0.3 is 15.7 Å². The zero-order valence-electron chi connectivity index (χ0n) is 16.0. The van der Waals surface area contributed by atoms with Crippen molar-refractivity contribution in [2.24, 2.45) is 0 Å². The minimum absolute atomic E-state index is 0.0678. The van der Waals surface area contributed by atoms with E-state index in [-0.39, 0.29) is 37.1 Å². The van der Waals surface area contributed by atoms with Gasteiger partial charge in [-0.2, -0.15) is 0 Å². The van der Waals surface area contributed by atoms with Crippen LogP contribution >= 0.6 is 0 Å². The Morgan fingerprint density at radius 2 is 1.81 bits per heavy atom. The molecule has 0 bridgehead atoms. The second kappa shape index (κ2) is 11.4. The lowest BCUT2D eigenvalue weighted by atomic mass is 9.95. The third-order valence-corrected chi connectivity index (χ3v) is 4.15. The lowest BCUT2D eigenvalue weighted by Gasteiger charge is -2.27. The number of carbonyl (C=O) groups is 2. The number of carbonyl (C=O) groups excluding carboxylic acids is 2. The summed E-state index contributed by atoms with van der Waals surface area (Å²) < 4.78 is 26.8. The Labute approximate surface area is 158 Å². The zero-order chi connectivity index (χ0) is 20.4. The molecule has 0 aliphatic rings. The summed E-state index contributed by atoms with van der Waals surface area (Å²) in [5, 5.41) is 16.0. The predicted molar refractivity (Wildman–Crippen MR) is 99.9 cm³/mol. The summed E-state index contributed by atoms with van der Waals surface area (Å²) in [5.74, 6) is -1.95. The molecule has 0 radical (unpaired) electrons. The van der Waals surface area contributed by atoms with Crippen LogP contribution in [0.25, 0.3) is 0 Å². The highest BCUT2D eigenvalue weighted by Crippen LogP contribution is 2.15. The Kier molecular flexibility index (Phi) is 9.64. The molecule has 0 saturated carbocycles. The molecule has 2 amide bonds. The third kappa shape index (κ3) is 8.77. The maximum atomic E-state index is 13.4. The number of halogens is 2. The van der Waals surface area contributed by atoms with Gasteiger partial charge in [-0.15, -0.1) is 0 Å². The van der Waals surface area contributed by atoms with Crippen molar-refractivity contribution in [3.05, 3.63) is 47.5 Å². The third-order valence-electron chi connectivity index (χ3n) is 4.15. The Balaban J connectivity index is 2.81. The minimum atomic E-state index is -0.993. The average Bonchev–Trinajstić information content (AvgIpc) is 2.57. The highest BCUT2D eigenvalue weighted by atomic mass is 19.1. The van der Waals surface area contributed by atoms with Crippen molar-refractivity contribution in [1.29, 1.82) is 0 Å². The largest absolute Gasteiger partial charge is 0.391 e.